The van der Waals surface area contributed by atoms with Crippen LogP contribution in [0.15, 0.2) is 18.3 Å². The van der Waals surface area contributed by atoms with E-state index >= 15 is 0 Å². The summed E-state index contributed by atoms with van der Waals surface area (Å²) in [6, 6.07) is 4.15. The molecule has 4 nitrogen and oxygen atoms in total. The van der Waals surface area contributed by atoms with Gasteiger partial charge >= 0.3 is 0 Å². The second-order valence-corrected chi connectivity index (χ2v) is 5.91. The van der Waals surface area contributed by atoms with Crippen LogP contribution in [-0.4, -0.2) is 34.9 Å². The Morgan fingerprint density at radius 2 is 2.25 bits per heavy atom. The van der Waals surface area contributed by atoms with Gasteiger partial charge in [-0.3, -0.25) is 4.79 Å². The number of pyridine rings is 1. The number of hydrogen-bond donors (Lipinski definition) is 1. The molecule has 0 radical (unpaired) electrons. The summed E-state index contributed by atoms with van der Waals surface area (Å²) in [6.45, 7) is 8.08. The molecule has 0 aliphatic heterocycles. The minimum Gasteiger partial charge on any atom is -0.369 e. The van der Waals surface area contributed by atoms with Gasteiger partial charge in [-0.2, -0.15) is 0 Å². The van der Waals surface area contributed by atoms with Gasteiger partial charge in [0.15, 0.2) is 0 Å². The lowest BCUT2D eigenvalue weighted by Gasteiger charge is -2.25. The SMILES string of the molecule is CCCNc1ncccc1C(=O)N(CC(C)C)C1CC1. The molecule has 4 heteroatoms. The van der Waals surface area contributed by atoms with Crippen LogP contribution in [0.1, 0.15) is 50.4 Å². The fourth-order valence-corrected chi connectivity index (χ4v) is 2.29. The van der Waals surface area contributed by atoms with E-state index in [4.69, 9.17) is 0 Å². The Labute approximate surface area is 121 Å². The maximum Gasteiger partial charge on any atom is 0.257 e. The third kappa shape index (κ3) is 3.71. The highest BCUT2D eigenvalue weighted by Crippen LogP contribution is 2.30. The van der Waals surface area contributed by atoms with Crippen LogP contribution in [0.5, 0.6) is 0 Å². The van der Waals surface area contributed by atoms with Gasteiger partial charge in [0.05, 0.1) is 5.56 Å². The van der Waals surface area contributed by atoms with E-state index in [-0.39, 0.29) is 5.91 Å². The molecule has 1 fully saturated rings. The Morgan fingerprint density at radius 3 is 2.85 bits per heavy atom. The average Bonchev–Trinajstić information content (AvgIpc) is 3.26. The number of rotatable bonds is 7. The Morgan fingerprint density at radius 1 is 1.50 bits per heavy atom. The van der Waals surface area contributed by atoms with Crippen molar-refractivity contribution in [2.45, 2.75) is 46.1 Å². The molecule has 110 valence electrons. The summed E-state index contributed by atoms with van der Waals surface area (Å²) in [5.74, 6) is 1.32. The molecular weight excluding hydrogens is 250 g/mol. The number of hydrogen-bond acceptors (Lipinski definition) is 3. The van der Waals surface area contributed by atoms with E-state index in [2.05, 4.69) is 31.1 Å². The van der Waals surface area contributed by atoms with Crippen LogP contribution in [0.3, 0.4) is 0 Å². The molecular formula is C16H25N3O. The van der Waals surface area contributed by atoms with Gasteiger partial charge < -0.3 is 10.2 Å². The summed E-state index contributed by atoms with van der Waals surface area (Å²) >= 11 is 0. The van der Waals surface area contributed by atoms with Crippen molar-refractivity contribution in [1.29, 1.82) is 0 Å². The maximum atomic E-state index is 12.8. The molecule has 1 saturated carbocycles. The van der Waals surface area contributed by atoms with Crippen molar-refractivity contribution in [3.63, 3.8) is 0 Å². The number of aromatic nitrogens is 1. The highest BCUT2D eigenvalue weighted by Gasteiger charge is 2.34. The molecule has 20 heavy (non-hydrogen) atoms. The van der Waals surface area contributed by atoms with Crippen molar-refractivity contribution in [3.8, 4) is 0 Å². The fraction of sp³-hybridized carbons (Fsp3) is 0.625. The summed E-state index contributed by atoms with van der Waals surface area (Å²) in [4.78, 5) is 19.1. The zero-order valence-corrected chi connectivity index (χ0v) is 12.7. The average molecular weight is 275 g/mol. The largest absolute Gasteiger partial charge is 0.369 e. The fourth-order valence-electron chi connectivity index (χ4n) is 2.29. The van der Waals surface area contributed by atoms with Crippen molar-refractivity contribution in [2.24, 2.45) is 5.92 Å². The Bertz CT molecular complexity index is 455. The molecule has 1 heterocycles. The van der Waals surface area contributed by atoms with E-state index in [0.717, 1.165) is 32.4 Å². The summed E-state index contributed by atoms with van der Waals surface area (Å²) < 4.78 is 0. The zero-order chi connectivity index (χ0) is 14.5. The van der Waals surface area contributed by atoms with Gasteiger partial charge in [-0.1, -0.05) is 20.8 Å². The highest BCUT2D eigenvalue weighted by atomic mass is 16.2. The van der Waals surface area contributed by atoms with Gasteiger partial charge in [-0.05, 0) is 37.3 Å². The van der Waals surface area contributed by atoms with Gasteiger partial charge in [0.2, 0.25) is 0 Å². The highest BCUT2D eigenvalue weighted by molar-refractivity contribution is 5.99. The van der Waals surface area contributed by atoms with Crippen LogP contribution in [0.2, 0.25) is 0 Å². The van der Waals surface area contributed by atoms with Gasteiger partial charge in [0.25, 0.3) is 5.91 Å². The van der Waals surface area contributed by atoms with Crippen LogP contribution in [0, 0.1) is 5.92 Å². The monoisotopic (exact) mass is 275 g/mol. The third-order valence-electron chi connectivity index (χ3n) is 3.39. The predicted molar refractivity (Wildman–Crippen MR) is 81.9 cm³/mol. The lowest BCUT2D eigenvalue weighted by molar-refractivity contribution is 0.0723. The minimum absolute atomic E-state index is 0.118. The second kappa shape index (κ2) is 6.73. The molecule has 0 unspecified atom stereocenters. The number of nitrogens with zero attached hydrogens (tertiary/aromatic N) is 2. The minimum atomic E-state index is 0.118. The molecule has 0 atom stereocenters. The van der Waals surface area contributed by atoms with Crippen molar-refractivity contribution < 1.29 is 4.79 Å². The van der Waals surface area contributed by atoms with E-state index in [1.165, 1.54) is 0 Å². The van der Waals surface area contributed by atoms with E-state index in [9.17, 15) is 4.79 Å². The Hall–Kier alpha value is -1.58. The van der Waals surface area contributed by atoms with Crippen LogP contribution >= 0.6 is 0 Å². The molecule has 1 N–H and O–H groups in total. The van der Waals surface area contributed by atoms with E-state index in [0.29, 0.717) is 23.3 Å². The predicted octanol–water partition coefficient (Wildman–Crippen LogP) is 3.16. The third-order valence-corrected chi connectivity index (χ3v) is 3.39. The van der Waals surface area contributed by atoms with Crippen molar-refractivity contribution in [2.75, 3.05) is 18.4 Å². The first-order valence-corrected chi connectivity index (χ1v) is 7.63. The number of carbonyl (C=O) groups is 1. The van der Waals surface area contributed by atoms with Crippen LogP contribution in [-0.2, 0) is 0 Å². The molecule has 0 spiro atoms. The van der Waals surface area contributed by atoms with E-state index < -0.39 is 0 Å². The molecule has 0 bridgehead atoms. The molecule has 2 rings (SSSR count). The Kier molecular flexibility index (Phi) is 4.99. The molecule has 1 aromatic heterocycles. The first-order valence-electron chi connectivity index (χ1n) is 7.63. The van der Waals surface area contributed by atoms with E-state index in [1.807, 2.05) is 17.0 Å². The quantitative estimate of drug-likeness (QED) is 0.831. The zero-order valence-electron chi connectivity index (χ0n) is 12.7. The standard InChI is InChI=1S/C16H25N3O/c1-4-9-17-15-14(6-5-10-18-15)16(20)19(11-12(2)3)13-7-8-13/h5-6,10,12-13H,4,7-9,11H2,1-3H3,(H,17,18). The van der Waals surface area contributed by atoms with Gasteiger partial charge in [0.1, 0.15) is 5.82 Å². The molecule has 1 amide bonds. The van der Waals surface area contributed by atoms with Crippen molar-refractivity contribution >= 4 is 11.7 Å². The normalized spacial score (nSPS) is 14.4. The summed E-state index contributed by atoms with van der Waals surface area (Å²) in [5, 5.41) is 3.25. The van der Waals surface area contributed by atoms with Crippen LogP contribution in [0.25, 0.3) is 0 Å². The number of carbonyl (C=O) groups excluding carboxylic acids is 1. The summed E-state index contributed by atoms with van der Waals surface area (Å²) in [6.07, 6.45) is 5.02. The molecule has 1 aliphatic carbocycles. The van der Waals surface area contributed by atoms with Crippen LogP contribution < -0.4 is 5.32 Å². The van der Waals surface area contributed by atoms with Gasteiger partial charge in [-0.15, -0.1) is 0 Å². The molecule has 1 aromatic rings. The maximum absolute atomic E-state index is 12.8. The number of anilines is 1. The first kappa shape index (κ1) is 14.8. The van der Waals surface area contributed by atoms with Crippen molar-refractivity contribution in [3.05, 3.63) is 23.9 Å². The molecule has 0 saturated heterocycles. The lowest BCUT2D eigenvalue weighted by Crippen LogP contribution is -2.36. The van der Waals surface area contributed by atoms with Gasteiger partial charge in [0, 0.05) is 25.3 Å². The second-order valence-electron chi connectivity index (χ2n) is 5.91. The lowest BCUT2D eigenvalue weighted by atomic mass is 10.1. The van der Waals surface area contributed by atoms with Gasteiger partial charge in [-0.25, -0.2) is 4.98 Å². The first-order chi connectivity index (χ1) is 9.63. The Balaban J connectivity index is 2.17. The number of amides is 1. The smallest absolute Gasteiger partial charge is 0.257 e. The number of nitrogens with one attached hydrogen (secondary N) is 1. The molecule has 0 aromatic carbocycles. The van der Waals surface area contributed by atoms with Crippen LogP contribution in [0.4, 0.5) is 5.82 Å². The molecule has 1 aliphatic rings. The topological polar surface area (TPSA) is 45.2 Å². The van der Waals surface area contributed by atoms with E-state index in [1.54, 1.807) is 6.20 Å². The van der Waals surface area contributed by atoms with Crippen molar-refractivity contribution in [1.82, 2.24) is 9.88 Å². The summed E-state index contributed by atoms with van der Waals surface area (Å²) in [7, 11) is 0. The summed E-state index contributed by atoms with van der Waals surface area (Å²) in [5.41, 5.74) is 0.702.